The first-order valence-corrected chi connectivity index (χ1v) is 5.62. The Labute approximate surface area is 104 Å². The number of alkyl halides is 3. The number of nitrogens with zero attached hydrogens (tertiary/aromatic N) is 1. The van der Waals surface area contributed by atoms with Gasteiger partial charge in [-0.15, -0.1) is 0 Å². The molecule has 0 saturated heterocycles. The fourth-order valence-electron chi connectivity index (χ4n) is 1.68. The van der Waals surface area contributed by atoms with Crippen LogP contribution in [0.5, 0.6) is 0 Å². The van der Waals surface area contributed by atoms with Crippen LogP contribution >= 0.6 is 11.8 Å². The fourth-order valence-corrected chi connectivity index (χ4v) is 1.91. The Balaban J connectivity index is 3.16. The van der Waals surface area contributed by atoms with Gasteiger partial charge in [0.1, 0.15) is 6.04 Å². The molecule has 0 unspecified atom stereocenters. The number of hydrogen-bond acceptors (Lipinski definition) is 1. The predicted molar refractivity (Wildman–Crippen MR) is 62.9 cm³/mol. The second kappa shape index (κ2) is 5.27. The van der Waals surface area contributed by atoms with Crippen molar-refractivity contribution in [2.45, 2.75) is 32.0 Å². The number of benzene rings is 1. The van der Waals surface area contributed by atoms with E-state index in [4.69, 9.17) is 11.8 Å². The van der Waals surface area contributed by atoms with E-state index in [1.165, 1.54) is 13.1 Å². The van der Waals surface area contributed by atoms with Crippen molar-refractivity contribution >= 4 is 11.8 Å². The molecule has 0 N–H and O–H groups in total. The molecule has 5 heteroatoms. The summed E-state index contributed by atoms with van der Waals surface area (Å²) in [6.45, 7) is 3.87. The van der Waals surface area contributed by atoms with E-state index in [1.807, 2.05) is 19.9 Å². The minimum absolute atomic E-state index is 0.168. The van der Waals surface area contributed by atoms with Crippen molar-refractivity contribution in [3.05, 3.63) is 35.4 Å². The van der Waals surface area contributed by atoms with Crippen LogP contribution in [0.1, 0.15) is 36.9 Å². The first kappa shape index (κ1) is 14.3. The van der Waals surface area contributed by atoms with Gasteiger partial charge in [-0.1, -0.05) is 38.1 Å². The summed E-state index contributed by atoms with van der Waals surface area (Å²) in [6, 6.07) is 4.67. The maximum atomic E-state index is 12.9. The molecule has 0 bridgehead atoms. The van der Waals surface area contributed by atoms with E-state index in [0.717, 1.165) is 5.56 Å². The van der Waals surface area contributed by atoms with Gasteiger partial charge in [0, 0.05) is 7.05 Å². The smallest absolute Gasteiger partial charge is 0.207 e. The monoisotopic (exact) mass is 265 g/mol. The summed E-state index contributed by atoms with van der Waals surface area (Å²) in [7, 11) is 1.21. The molecular formula is C12H15ClF3N. The molecule has 0 aliphatic rings. The molecule has 1 rings (SSSR count). The largest absolute Gasteiger partial charge is 0.409 e. The van der Waals surface area contributed by atoms with E-state index < -0.39 is 12.2 Å². The van der Waals surface area contributed by atoms with Gasteiger partial charge in [-0.2, -0.15) is 13.2 Å². The van der Waals surface area contributed by atoms with Crippen LogP contribution in [0.25, 0.3) is 0 Å². The summed E-state index contributed by atoms with van der Waals surface area (Å²) in [5.41, 5.74) is 1.04. The maximum Gasteiger partial charge on any atom is 0.409 e. The molecule has 1 atom stereocenters. The fraction of sp³-hybridized carbons (Fsp3) is 0.500. The Morgan fingerprint density at radius 3 is 2.12 bits per heavy atom. The van der Waals surface area contributed by atoms with Crippen LogP contribution in [0, 0.1) is 0 Å². The third kappa shape index (κ3) is 3.61. The van der Waals surface area contributed by atoms with Gasteiger partial charge in [0.25, 0.3) is 0 Å². The van der Waals surface area contributed by atoms with Gasteiger partial charge in [-0.3, -0.25) is 0 Å². The van der Waals surface area contributed by atoms with E-state index in [-0.39, 0.29) is 11.5 Å². The molecule has 0 fully saturated rings. The van der Waals surface area contributed by atoms with Crippen LogP contribution in [0.15, 0.2) is 24.3 Å². The number of hydrogen-bond donors (Lipinski definition) is 0. The van der Waals surface area contributed by atoms with Crippen molar-refractivity contribution in [1.82, 2.24) is 4.42 Å². The zero-order valence-corrected chi connectivity index (χ0v) is 10.7. The van der Waals surface area contributed by atoms with Gasteiger partial charge in [0.15, 0.2) is 0 Å². The van der Waals surface area contributed by atoms with Crippen molar-refractivity contribution in [2.75, 3.05) is 7.05 Å². The van der Waals surface area contributed by atoms with Gasteiger partial charge < -0.3 is 0 Å². The molecule has 1 nitrogen and oxygen atoms in total. The summed E-state index contributed by atoms with van der Waals surface area (Å²) in [4.78, 5) is 0. The molecule has 0 radical (unpaired) electrons. The topological polar surface area (TPSA) is 3.24 Å². The average Bonchev–Trinajstić information content (AvgIpc) is 2.15. The summed E-state index contributed by atoms with van der Waals surface area (Å²) in [5.74, 6) is 0.185. The molecule has 0 heterocycles. The minimum atomic E-state index is -4.38. The van der Waals surface area contributed by atoms with Gasteiger partial charge in [-0.05, 0) is 28.8 Å². The molecule has 1 aromatic carbocycles. The lowest BCUT2D eigenvalue weighted by atomic mass is 9.97. The highest BCUT2D eigenvalue weighted by Crippen LogP contribution is 2.38. The van der Waals surface area contributed by atoms with Crippen LogP contribution in [-0.2, 0) is 0 Å². The summed E-state index contributed by atoms with van der Waals surface area (Å²) < 4.78 is 39.3. The van der Waals surface area contributed by atoms with Crippen LogP contribution in [0.2, 0.25) is 0 Å². The maximum absolute atomic E-state index is 12.9. The van der Waals surface area contributed by atoms with Crippen molar-refractivity contribution in [3.8, 4) is 0 Å². The highest BCUT2D eigenvalue weighted by molar-refractivity contribution is 6.13. The molecule has 0 aliphatic heterocycles. The molecule has 0 aromatic heterocycles. The zero-order chi connectivity index (χ0) is 13.2. The highest BCUT2D eigenvalue weighted by Gasteiger charge is 2.43. The van der Waals surface area contributed by atoms with E-state index in [2.05, 4.69) is 0 Å². The molecular weight excluding hydrogens is 251 g/mol. The normalized spacial score (nSPS) is 14.4. The summed E-state index contributed by atoms with van der Waals surface area (Å²) >= 11 is 5.51. The highest BCUT2D eigenvalue weighted by atomic mass is 35.5. The molecule has 17 heavy (non-hydrogen) atoms. The van der Waals surface area contributed by atoms with E-state index >= 15 is 0 Å². The lowest BCUT2D eigenvalue weighted by Gasteiger charge is -2.25. The van der Waals surface area contributed by atoms with E-state index in [9.17, 15) is 13.2 Å². The lowest BCUT2D eigenvalue weighted by molar-refractivity contribution is -0.171. The predicted octanol–water partition coefficient (Wildman–Crippen LogP) is 4.50. The molecule has 0 amide bonds. The number of halogens is 4. The SMILES string of the molecule is CC(C)c1cccc([C@@H](N(C)Cl)C(F)(F)F)c1. The van der Waals surface area contributed by atoms with Gasteiger partial charge in [0.2, 0.25) is 0 Å². The average molecular weight is 266 g/mol. The zero-order valence-electron chi connectivity index (χ0n) is 9.92. The summed E-state index contributed by atoms with van der Waals surface area (Å²) in [5, 5.41) is 0. The quantitative estimate of drug-likeness (QED) is 0.728. The summed E-state index contributed by atoms with van der Waals surface area (Å²) in [6.07, 6.45) is -4.38. The van der Waals surface area contributed by atoms with Crippen LogP contribution in [0.3, 0.4) is 0 Å². The van der Waals surface area contributed by atoms with Crippen molar-refractivity contribution in [1.29, 1.82) is 0 Å². The first-order chi connectivity index (χ1) is 7.73. The molecule has 0 aliphatic carbocycles. The Hall–Kier alpha value is -0.740. The van der Waals surface area contributed by atoms with Crippen LogP contribution in [-0.4, -0.2) is 17.6 Å². The molecule has 1 aromatic rings. The molecule has 96 valence electrons. The van der Waals surface area contributed by atoms with Crippen LogP contribution < -0.4 is 0 Å². The number of rotatable bonds is 3. The minimum Gasteiger partial charge on any atom is -0.207 e. The third-order valence-electron chi connectivity index (χ3n) is 2.56. The Kier molecular flexibility index (Phi) is 4.44. The standard InChI is InChI=1S/C12H15ClF3N/c1-8(2)9-5-4-6-10(7-9)11(17(3)13)12(14,15)16/h4-8,11H,1-3H3/t11-/m1/s1. The van der Waals surface area contributed by atoms with Gasteiger partial charge in [-0.25, -0.2) is 4.42 Å². The van der Waals surface area contributed by atoms with Crippen molar-refractivity contribution in [3.63, 3.8) is 0 Å². The second-order valence-corrected chi connectivity index (χ2v) is 4.83. The molecule has 0 spiro atoms. The van der Waals surface area contributed by atoms with Gasteiger partial charge >= 0.3 is 6.18 Å². The molecule has 0 saturated carbocycles. The Bertz CT molecular complexity index is 374. The van der Waals surface area contributed by atoms with Crippen molar-refractivity contribution < 1.29 is 13.2 Å². The Morgan fingerprint density at radius 2 is 1.71 bits per heavy atom. The van der Waals surface area contributed by atoms with E-state index in [1.54, 1.807) is 12.1 Å². The van der Waals surface area contributed by atoms with E-state index in [0.29, 0.717) is 4.42 Å². The van der Waals surface area contributed by atoms with Crippen LogP contribution in [0.4, 0.5) is 13.2 Å². The van der Waals surface area contributed by atoms with Gasteiger partial charge in [0.05, 0.1) is 0 Å². The second-order valence-electron chi connectivity index (χ2n) is 4.29. The third-order valence-corrected chi connectivity index (χ3v) is 2.75. The lowest BCUT2D eigenvalue weighted by Crippen LogP contribution is -2.30. The Morgan fingerprint density at radius 1 is 1.18 bits per heavy atom. The van der Waals surface area contributed by atoms with Crippen molar-refractivity contribution in [2.24, 2.45) is 0 Å². The first-order valence-electron chi connectivity index (χ1n) is 5.28.